The summed E-state index contributed by atoms with van der Waals surface area (Å²) in [6.45, 7) is 3.53. The number of benzene rings is 2. The lowest BCUT2D eigenvalue weighted by Gasteiger charge is -2.20. The van der Waals surface area contributed by atoms with Crippen molar-refractivity contribution in [3.8, 4) is 0 Å². The van der Waals surface area contributed by atoms with Crippen LogP contribution in [0.25, 0.3) is 10.2 Å². The number of hydrogen-bond acceptors (Lipinski definition) is 4. The van der Waals surface area contributed by atoms with Gasteiger partial charge < -0.3 is 4.90 Å². The quantitative estimate of drug-likeness (QED) is 0.662. The second-order valence-corrected chi connectivity index (χ2v) is 8.50. The molecule has 6 heteroatoms. The van der Waals surface area contributed by atoms with E-state index >= 15 is 0 Å². The zero-order chi connectivity index (χ0) is 18.7. The van der Waals surface area contributed by atoms with E-state index in [1.54, 1.807) is 23.1 Å². The minimum absolute atomic E-state index is 0.00963. The van der Waals surface area contributed by atoms with Crippen molar-refractivity contribution in [2.24, 2.45) is 0 Å². The number of quaternary nitrogens is 1. The Morgan fingerprint density at radius 3 is 2.58 bits per heavy atom. The highest BCUT2D eigenvalue weighted by Gasteiger charge is 2.22. The molecule has 0 saturated carbocycles. The van der Waals surface area contributed by atoms with Crippen molar-refractivity contribution in [2.45, 2.75) is 11.8 Å². The molecule has 1 heterocycles. The fraction of sp³-hybridized carbons (Fsp3) is 0.300. The van der Waals surface area contributed by atoms with E-state index in [-0.39, 0.29) is 5.91 Å². The minimum Gasteiger partial charge on any atom is -0.338 e. The average molecular weight is 387 g/mol. The molecule has 0 aliphatic rings. The summed E-state index contributed by atoms with van der Waals surface area (Å²) in [5.41, 5.74) is 2.80. The van der Waals surface area contributed by atoms with Gasteiger partial charge in [-0.15, -0.1) is 11.8 Å². The molecule has 0 spiro atoms. The van der Waals surface area contributed by atoms with Crippen molar-refractivity contribution < 1.29 is 9.69 Å². The molecular weight excluding hydrogens is 362 g/mol. The SMILES string of the molecule is CSc1ccc2nc(N(CC[NH+](C)C)C(=O)c3ccc(C)cc3)sc2c1. The number of nitrogens with zero attached hydrogens (tertiary/aromatic N) is 2. The number of hydrogen-bond donors (Lipinski definition) is 1. The molecular formula is C20H24N3OS2+. The topological polar surface area (TPSA) is 37.6 Å². The molecule has 1 N–H and O–H groups in total. The van der Waals surface area contributed by atoms with Crippen LogP contribution in [-0.2, 0) is 0 Å². The molecule has 0 unspecified atom stereocenters. The van der Waals surface area contributed by atoms with E-state index in [4.69, 9.17) is 4.98 Å². The smallest absolute Gasteiger partial charge is 0.260 e. The lowest BCUT2D eigenvalue weighted by Crippen LogP contribution is -3.06. The third-order valence-corrected chi connectivity index (χ3v) is 5.96. The van der Waals surface area contributed by atoms with Gasteiger partial charge >= 0.3 is 0 Å². The second-order valence-electron chi connectivity index (χ2n) is 6.61. The maximum absolute atomic E-state index is 13.1. The number of carbonyl (C=O) groups is 1. The van der Waals surface area contributed by atoms with Crippen molar-refractivity contribution in [1.82, 2.24) is 4.98 Å². The summed E-state index contributed by atoms with van der Waals surface area (Å²) in [7, 11) is 4.19. The number of thiazole rings is 1. The van der Waals surface area contributed by atoms with Crippen LogP contribution >= 0.6 is 23.1 Å². The van der Waals surface area contributed by atoms with Gasteiger partial charge in [0.25, 0.3) is 5.91 Å². The van der Waals surface area contributed by atoms with Crippen molar-refractivity contribution in [3.05, 3.63) is 53.6 Å². The number of thioether (sulfide) groups is 1. The number of aryl methyl sites for hydroxylation is 1. The van der Waals surface area contributed by atoms with Gasteiger partial charge in [0, 0.05) is 10.5 Å². The predicted octanol–water partition coefficient (Wildman–Crippen LogP) is 3.12. The molecule has 4 nitrogen and oxygen atoms in total. The minimum atomic E-state index is 0.00963. The van der Waals surface area contributed by atoms with E-state index in [0.717, 1.165) is 27.5 Å². The standard InChI is InChI=1S/C20H23N3OS2/c1-14-5-7-15(8-6-14)19(24)23(12-11-22(2)3)20-21-17-10-9-16(25-4)13-18(17)26-20/h5-10,13H,11-12H2,1-4H3/p+1. The molecule has 1 aromatic heterocycles. The highest BCUT2D eigenvalue weighted by atomic mass is 32.2. The van der Waals surface area contributed by atoms with Crippen LogP contribution < -0.4 is 9.80 Å². The van der Waals surface area contributed by atoms with E-state index in [2.05, 4.69) is 32.5 Å². The molecule has 0 aliphatic carbocycles. The first kappa shape index (κ1) is 18.9. The molecule has 26 heavy (non-hydrogen) atoms. The Hall–Kier alpha value is -1.89. The first-order valence-electron chi connectivity index (χ1n) is 8.60. The average Bonchev–Trinajstić information content (AvgIpc) is 3.04. The lowest BCUT2D eigenvalue weighted by atomic mass is 10.1. The first-order chi connectivity index (χ1) is 12.5. The van der Waals surface area contributed by atoms with Crippen molar-refractivity contribution in [2.75, 3.05) is 38.3 Å². The Balaban J connectivity index is 1.97. The lowest BCUT2D eigenvalue weighted by molar-refractivity contribution is -0.856. The van der Waals surface area contributed by atoms with Crippen LogP contribution in [0.1, 0.15) is 15.9 Å². The number of aromatic nitrogens is 1. The van der Waals surface area contributed by atoms with E-state index in [1.165, 1.54) is 9.80 Å². The van der Waals surface area contributed by atoms with Gasteiger partial charge in [-0.1, -0.05) is 29.0 Å². The summed E-state index contributed by atoms with van der Waals surface area (Å²) in [4.78, 5) is 22.2. The summed E-state index contributed by atoms with van der Waals surface area (Å²) in [6.07, 6.45) is 2.07. The predicted molar refractivity (Wildman–Crippen MR) is 112 cm³/mol. The van der Waals surface area contributed by atoms with Crippen LogP contribution in [0.15, 0.2) is 47.4 Å². The number of carbonyl (C=O) groups excluding carboxylic acids is 1. The van der Waals surface area contributed by atoms with Crippen molar-refractivity contribution >= 4 is 44.4 Å². The Bertz CT molecular complexity index is 903. The molecule has 0 radical (unpaired) electrons. The van der Waals surface area contributed by atoms with Gasteiger partial charge in [-0.05, 0) is 43.5 Å². The third kappa shape index (κ3) is 4.26. The molecule has 2 aromatic carbocycles. The monoisotopic (exact) mass is 386 g/mol. The van der Waals surface area contributed by atoms with Gasteiger partial charge in [-0.3, -0.25) is 9.69 Å². The number of likely N-dealkylation sites (N-methyl/N-ethyl adjacent to an activating group) is 1. The molecule has 3 rings (SSSR count). The zero-order valence-electron chi connectivity index (χ0n) is 15.6. The van der Waals surface area contributed by atoms with Crippen LogP contribution in [0.2, 0.25) is 0 Å². The van der Waals surface area contributed by atoms with Crippen LogP contribution in [0.4, 0.5) is 5.13 Å². The van der Waals surface area contributed by atoms with Crippen LogP contribution in [0, 0.1) is 6.92 Å². The third-order valence-electron chi connectivity index (χ3n) is 4.19. The molecule has 0 bridgehead atoms. The summed E-state index contributed by atoms with van der Waals surface area (Å²) >= 11 is 3.30. The van der Waals surface area contributed by atoms with Gasteiger partial charge in [-0.2, -0.15) is 0 Å². The van der Waals surface area contributed by atoms with Crippen LogP contribution in [-0.4, -0.2) is 44.3 Å². The summed E-state index contributed by atoms with van der Waals surface area (Å²) in [5.74, 6) is 0.00963. The number of rotatable bonds is 6. The highest BCUT2D eigenvalue weighted by Crippen LogP contribution is 2.32. The van der Waals surface area contributed by atoms with Gasteiger partial charge in [0.1, 0.15) is 0 Å². The van der Waals surface area contributed by atoms with E-state index < -0.39 is 0 Å². The van der Waals surface area contributed by atoms with E-state index in [9.17, 15) is 4.79 Å². The molecule has 1 amide bonds. The molecule has 0 fully saturated rings. The van der Waals surface area contributed by atoms with Gasteiger partial charge in [0.05, 0.1) is 37.4 Å². The largest absolute Gasteiger partial charge is 0.338 e. The maximum Gasteiger partial charge on any atom is 0.260 e. The molecule has 0 aliphatic heterocycles. The fourth-order valence-corrected chi connectivity index (χ4v) is 4.15. The molecule has 136 valence electrons. The number of fused-ring (bicyclic) bond motifs is 1. The Kier molecular flexibility index (Phi) is 5.96. The van der Waals surface area contributed by atoms with Crippen molar-refractivity contribution in [1.29, 1.82) is 0 Å². The summed E-state index contributed by atoms with van der Waals surface area (Å²) < 4.78 is 1.12. The maximum atomic E-state index is 13.1. The fourth-order valence-electron chi connectivity index (χ4n) is 2.61. The second kappa shape index (κ2) is 8.20. The summed E-state index contributed by atoms with van der Waals surface area (Å²) in [5, 5.41) is 0.769. The molecule has 3 aromatic rings. The highest BCUT2D eigenvalue weighted by molar-refractivity contribution is 7.98. The number of nitrogens with one attached hydrogen (secondary N) is 1. The Morgan fingerprint density at radius 1 is 1.19 bits per heavy atom. The zero-order valence-corrected chi connectivity index (χ0v) is 17.2. The van der Waals surface area contributed by atoms with Crippen molar-refractivity contribution in [3.63, 3.8) is 0 Å². The van der Waals surface area contributed by atoms with Crippen LogP contribution in [0.3, 0.4) is 0 Å². The van der Waals surface area contributed by atoms with E-state index in [0.29, 0.717) is 12.1 Å². The first-order valence-corrected chi connectivity index (χ1v) is 10.6. The Labute approximate surface area is 162 Å². The van der Waals surface area contributed by atoms with E-state index in [1.807, 2.05) is 42.2 Å². The van der Waals surface area contributed by atoms with Crippen LogP contribution in [0.5, 0.6) is 0 Å². The van der Waals surface area contributed by atoms with Gasteiger partial charge in [0.15, 0.2) is 5.13 Å². The number of amides is 1. The Morgan fingerprint density at radius 2 is 1.92 bits per heavy atom. The molecule has 0 atom stereocenters. The van der Waals surface area contributed by atoms with Gasteiger partial charge in [0.2, 0.25) is 0 Å². The normalized spacial score (nSPS) is 11.3. The summed E-state index contributed by atoms with van der Waals surface area (Å²) in [6, 6.07) is 14.0. The molecule has 0 saturated heterocycles. The number of anilines is 1. The van der Waals surface area contributed by atoms with Gasteiger partial charge in [-0.25, -0.2) is 4.98 Å².